The summed E-state index contributed by atoms with van der Waals surface area (Å²) in [5, 5.41) is 25.9. The second-order valence-corrected chi connectivity index (χ2v) is 8.79. The van der Waals surface area contributed by atoms with E-state index in [0.29, 0.717) is 27.6 Å². The smallest absolute Gasteiger partial charge is 0.338 e. The summed E-state index contributed by atoms with van der Waals surface area (Å²) in [7, 11) is -3.87. The number of aromatic amines is 1. The number of carbonyl (C=O) groups excluding carboxylic acids is 1. The number of halogens is 1. The molecule has 0 unspecified atom stereocenters. The Morgan fingerprint density at radius 1 is 1.06 bits per heavy atom. The first-order valence-electron chi connectivity index (χ1n) is 9.19. The van der Waals surface area contributed by atoms with E-state index in [2.05, 4.69) is 20.4 Å². The quantitative estimate of drug-likeness (QED) is 0.234. The van der Waals surface area contributed by atoms with Gasteiger partial charge in [-0.25, -0.2) is 28.4 Å². The summed E-state index contributed by atoms with van der Waals surface area (Å²) in [6.45, 7) is -0.363. The van der Waals surface area contributed by atoms with E-state index in [1.165, 1.54) is 24.3 Å². The summed E-state index contributed by atoms with van der Waals surface area (Å²) in [6, 6.07) is 11.5. The highest BCUT2D eigenvalue weighted by Crippen LogP contribution is 2.36. The van der Waals surface area contributed by atoms with Gasteiger partial charge in [-0.2, -0.15) is 15.4 Å². The van der Waals surface area contributed by atoms with Gasteiger partial charge in [0.2, 0.25) is 15.9 Å². The monoisotopic (exact) mass is 489 g/mol. The molecule has 12 nitrogen and oxygen atoms in total. The fourth-order valence-corrected chi connectivity index (χ4v) is 3.61. The van der Waals surface area contributed by atoms with Crippen molar-refractivity contribution in [1.82, 2.24) is 25.5 Å². The van der Waals surface area contributed by atoms with Gasteiger partial charge in [0.05, 0.1) is 11.4 Å². The SMILES string of the molecule is NC(=O)N(O)Cc1n[nH]nc1-c1nc(-c2ccc(Cl)cc2)c(-c2ccc(S(N)(=O)=O)cc2)o1. The number of urea groups is 1. The second kappa shape index (κ2) is 8.63. The predicted octanol–water partition coefficient (Wildman–Crippen LogP) is 2.36. The standard InChI is InChI=1S/C19H16ClN7O5S/c20-12-5-1-10(2-6-12)15-17(11-3-7-13(8-4-11)33(22,30)31)32-18(23-15)16-14(24-26-25-16)9-27(29)19(21)28/h1-8,29H,9H2,(H2,21,28)(H2,22,30,31)(H,24,25,26). The van der Waals surface area contributed by atoms with Crippen LogP contribution in [0.15, 0.2) is 57.8 Å². The number of nitrogens with one attached hydrogen (secondary N) is 1. The van der Waals surface area contributed by atoms with Crippen molar-refractivity contribution in [3.8, 4) is 34.2 Å². The van der Waals surface area contributed by atoms with E-state index in [9.17, 15) is 18.4 Å². The summed E-state index contributed by atoms with van der Waals surface area (Å²) in [5.41, 5.74) is 6.92. The molecule has 4 rings (SSSR count). The zero-order valence-corrected chi connectivity index (χ0v) is 18.2. The molecule has 4 aromatic rings. The molecule has 0 spiro atoms. The van der Waals surface area contributed by atoms with Gasteiger partial charge in [-0.15, -0.1) is 0 Å². The summed E-state index contributed by atoms with van der Waals surface area (Å²) >= 11 is 6.00. The lowest BCUT2D eigenvalue weighted by molar-refractivity contribution is -0.0478. The predicted molar refractivity (Wildman–Crippen MR) is 116 cm³/mol. The van der Waals surface area contributed by atoms with Crippen molar-refractivity contribution in [1.29, 1.82) is 0 Å². The van der Waals surface area contributed by atoms with Gasteiger partial charge in [-0.05, 0) is 36.4 Å². The molecule has 0 saturated heterocycles. The molecule has 0 aliphatic rings. The van der Waals surface area contributed by atoms with Crippen LogP contribution < -0.4 is 10.9 Å². The number of carbonyl (C=O) groups is 1. The number of H-pyrrole nitrogens is 1. The van der Waals surface area contributed by atoms with Crippen molar-refractivity contribution >= 4 is 27.7 Å². The Balaban J connectivity index is 1.83. The van der Waals surface area contributed by atoms with Crippen molar-refractivity contribution in [3.63, 3.8) is 0 Å². The van der Waals surface area contributed by atoms with Gasteiger partial charge in [0.25, 0.3) is 0 Å². The molecule has 2 amide bonds. The van der Waals surface area contributed by atoms with E-state index in [1.54, 1.807) is 24.3 Å². The number of rotatable bonds is 6. The molecular formula is C19H16ClN7O5S. The molecule has 6 N–H and O–H groups in total. The van der Waals surface area contributed by atoms with Gasteiger partial charge in [0, 0.05) is 16.1 Å². The van der Waals surface area contributed by atoms with Gasteiger partial charge in [-0.3, -0.25) is 5.21 Å². The van der Waals surface area contributed by atoms with E-state index in [0.717, 1.165) is 0 Å². The number of primary sulfonamides is 1. The molecule has 0 atom stereocenters. The number of amides is 2. The average molecular weight is 490 g/mol. The molecule has 0 aliphatic carbocycles. The van der Waals surface area contributed by atoms with Crippen LogP contribution in [0.4, 0.5) is 4.79 Å². The van der Waals surface area contributed by atoms with Crippen molar-refractivity contribution in [2.24, 2.45) is 10.9 Å². The number of sulfonamides is 1. The van der Waals surface area contributed by atoms with Gasteiger partial charge < -0.3 is 10.2 Å². The maximum Gasteiger partial charge on any atom is 0.338 e. The van der Waals surface area contributed by atoms with Gasteiger partial charge >= 0.3 is 6.03 Å². The molecule has 0 fully saturated rings. The number of nitrogens with zero attached hydrogens (tertiary/aromatic N) is 4. The number of primary amides is 1. The maximum absolute atomic E-state index is 11.6. The molecular weight excluding hydrogens is 474 g/mol. The summed E-state index contributed by atoms with van der Waals surface area (Å²) in [6.07, 6.45) is 0. The number of hydrogen-bond acceptors (Lipinski definition) is 8. The van der Waals surface area contributed by atoms with Crippen LogP contribution in [0.1, 0.15) is 5.69 Å². The van der Waals surface area contributed by atoms with Crippen LogP contribution >= 0.6 is 11.6 Å². The fourth-order valence-electron chi connectivity index (χ4n) is 2.97. The first-order valence-corrected chi connectivity index (χ1v) is 11.1. The van der Waals surface area contributed by atoms with Crippen LogP contribution in [0.25, 0.3) is 34.2 Å². The Hall–Kier alpha value is -3.78. The van der Waals surface area contributed by atoms with Crippen molar-refractivity contribution in [3.05, 3.63) is 59.2 Å². The van der Waals surface area contributed by atoms with Crippen LogP contribution in [-0.4, -0.2) is 45.1 Å². The second-order valence-electron chi connectivity index (χ2n) is 6.79. The highest BCUT2D eigenvalue weighted by atomic mass is 35.5. The molecule has 33 heavy (non-hydrogen) atoms. The van der Waals surface area contributed by atoms with Crippen molar-refractivity contribution in [2.75, 3.05) is 0 Å². The lowest BCUT2D eigenvalue weighted by Gasteiger charge is -2.09. The molecule has 0 radical (unpaired) electrons. The lowest BCUT2D eigenvalue weighted by atomic mass is 10.1. The van der Waals surface area contributed by atoms with E-state index >= 15 is 0 Å². The first kappa shape index (κ1) is 22.4. The Morgan fingerprint density at radius 2 is 1.70 bits per heavy atom. The van der Waals surface area contributed by atoms with Crippen molar-refractivity contribution < 1.29 is 22.8 Å². The lowest BCUT2D eigenvalue weighted by Crippen LogP contribution is -2.32. The Labute approximate surface area is 191 Å². The van der Waals surface area contributed by atoms with E-state index in [4.69, 9.17) is 26.9 Å². The molecule has 2 aromatic heterocycles. The minimum atomic E-state index is -3.87. The highest BCUT2D eigenvalue weighted by Gasteiger charge is 2.24. The largest absolute Gasteiger partial charge is 0.434 e. The third kappa shape index (κ3) is 4.70. The third-order valence-corrected chi connectivity index (χ3v) is 5.75. The summed E-state index contributed by atoms with van der Waals surface area (Å²) < 4.78 is 29.1. The van der Waals surface area contributed by atoms with Crippen LogP contribution in [0.2, 0.25) is 5.02 Å². The van der Waals surface area contributed by atoms with E-state index in [-0.39, 0.29) is 33.8 Å². The van der Waals surface area contributed by atoms with Crippen LogP contribution in [-0.2, 0) is 16.6 Å². The van der Waals surface area contributed by atoms with Crippen molar-refractivity contribution in [2.45, 2.75) is 11.4 Å². The Morgan fingerprint density at radius 3 is 2.30 bits per heavy atom. The van der Waals surface area contributed by atoms with Crippen LogP contribution in [0.3, 0.4) is 0 Å². The van der Waals surface area contributed by atoms with Gasteiger partial charge in [0.1, 0.15) is 11.4 Å². The average Bonchev–Trinajstić information content (AvgIpc) is 3.40. The molecule has 0 bridgehead atoms. The van der Waals surface area contributed by atoms with Crippen LogP contribution in [0, 0.1) is 0 Å². The first-order chi connectivity index (χ1) is 15.6. The Bertz CT molecular complexity index is 1420. The maximum atomic E-state index is 11.6. The third-order valence-electron chi connectivity index (χ3n) is 4.57. The molecule has 14 heteroatoms. The van der Waals surface area contributed by atoms with Gasteiger partial charge in [0.15, 0.2) is 11.5 Å². The van der Waals surface area contributed by atoms with Gasteiger partial charge in [-0.1, -0.05) is 23.7 Å². The zero-order valence-electron chi connectivity index (χ0n) is 16.6. The molecule has 170 valence electrons. The number of hydrogen-bond donors (Lipinski definition) is 4. The number of benzene rings is 2. The number of hydroxylamine groups is 2. The number of aromatic nitrogens is 4. The summed E-state index contributed by atoms with van der Waals surface area (Å²) in [5.74, 6) is 0.338. The van der Waals surface area contributed by atoms with E-state index in [1.807, 2.05) is 0 Å². The van der Waals surface area contributed by atoms with E-state index < -0.39 is 16.1 Å². The number of oxazole rings is 1. The molecule has 0 aliphatic heterocycles. The highest BCUT2D eigenvalue weighted by molar-refractivity contribution is 7.89. The van der Waals surface area contributed by atoms with Crippen LogP contribution in [0.5, 0.6) is 0 Å². The fraction of sp³-hybridized carbons (Fsp3) is 0.0526. The normalized spacial score (nSPS) is 11.5. The molecule has 0 saturated carbocycles. The molecule has 2 heterocycles. The number of nitrogens with two attached hydrogens (primary N) is 2. The minimum Gasteiger partial charge on any atom is -0.434 e. The Kier molecular flexibility index (Phi) is 5.86. The zero-order chi connectivity index (χ0) is 23.8. The minimum absolute atomic E-state index is 0.0343. The topological polar surface area (TPSA) is 194 Å². The molecule has 2 aromatic carbocycles. The summed E-state index contributed by atoms with van der Waals surface area (Å²) in [4.78, 5) is 15.6.